The fourth-order valence-electron chi connectivity index (χ4n) is 1.88. The molecule has 0 radical (unpaired) electrons. The summed E-state index contributed by atoms with van der Waals surface area (Å²) in [5, 5.41) is 14.0. The van der Waals surface area contributed by atoms with Crippen LogP contribution in [0.4, 0.5) is 5.82 Å². The molecule has 0 spiro atoms. The fourth-order valence-corrected chi connectivity index (χ4v) is 1.88. The van der Waals surface area contributed by atoms with Crippen molar-refractivity contribution in [1.82, 2.24) is 15.5 Å². The number of rotatable bonds is 5. The van der Waals surface area contributed by atoms with Crippen molar-refractivity contribution < 1.29 is 4.79 Å². The highest BCUT2D eigenvalue weighted by atomic mass is 16.1. The molecule has 0 aliphatic carbocycles. The molecule has 1 amide bonds. The van der Waals surface area contributed by atoms with Crippen molar-refractivity contribution in [2.75, 3.05) is 5.32 Å². The zero-order chi connectivity index (χ0) is 15.2. The van der Waals surface area contributed by atoms with E-state index in [1.807, 2.05) is 26.0 Å². The number of aryl methyl sites for hydroxylation is 1. The van der Waals surface area contributed by atoms with Gasteiger partial charge in [0.2, 0.25) is 0 Å². The van der Waals surface area contributed by atoms with Gasteiger partial charge in [-0.3, -0.25) is 4.79 Å². The predicted octanol–water partition coefficient (Wildman–Crippen LogP) is 2.54. The van der Waals surface area contributed by atoms with Crippen molar-refractivity contribution in [3.8, 4) is 0 Å². The molecule has 2 aromatic rings. The summed E-state index contributed by atoms with van der Waals surface area (Å²) in [4.78, 5) is 11.8. The Bertz CT molecular complexity index is 608. The van der Waals surface area contributed by atoms with Crippen LogP contribution >= 0.6 is 0 Å². The van der Waals surface area contributed by atoms with Gasteiger partial charge in [-0.2, -0.15) is 0 Å². The van der Waals surface area contributed by atoms with Crippen molar-refractivity contribution in [2.45, 2.75) is 33.4 Å². The van der Waals surface area contributed by atoms with E-state index in [0.717, 1.165) is 0 Å². The number of nitrogens with one attached hydrogen (secondary N) is 2. The van der Waals surface area contributed by atoms with E-state index in [4.69, 9.17) is 0 Å². The molecule has 5 nitrogen and oxygen atoms in total. The highest BCUT2D eigenvalue weighted by molar-refractivity contribution is 5.92. The molecule has 21 heavy (non-hydrogen) atoms. The van der Waals surface area contributed by atoms with E-state index in [0.29, 0.717) is 18.1 Å². The Morgan fingerprint density at radius 3 is 2.52 bits per heavy atom. The van der Waals surface area contributed by atoms with Crippen molar-refractivity contribution in [3.05, 3.63) is 53.2 Å². The zero-order valence-electron chi connectivity index (χ0n) is 12.6. The van der Waals surface area contributed by atoms with E-state index in [1.54, 1.807) is 12.1 Å². The SMILES string of the molecule is Cc1ccccc1CNc1ccc(C(=O)NC(C)C)nn1. The number of carbonyl (C=O) groups is 1. The van der Waals surface area contributed by atoms with Crippen LogP contribution in [0.2, 0.25) is 0 Å². The summed E-state index contributed by atoms with van der Waals surface area (Å²) in [5.74, 6) is 0.447. The lowest BCUT2D eigenvalue weighted by Crippen LogP contribution is -2.30. The Balaban J connectivity index is 1.97. The molecule has 0 aliphatic heterocycles. The fraction of sp³-hybridized carbons (Fsp3) is 0.312. The third kappa shape index (κ3) is 4.27. The number of nitrogens with zero attached hydrogens (tertiary/aromatic N) is 2. The van der Waals surface area contributed by atoms with Gasteiger partial charge in [-0.15, -0.1) is 10.2 Å². The minimum atomic E-state index is -0.206. The Labute approximate surface area is 124 Å². The number of aromatic nitrogens is 2. The van der Waals surface area contributed by atoms with Gasteiger partial charge in [-0.1, -0.05) is 24.3 Å². The molecular formula is C16H20N4O. The summed E-state index contributed by atoms with van der Waals surface area (Å²) in [6.07, 6.45) is 0. The zero-order valence-corrected chi connectivity index (χ0v) is 12.6. The Hall–Kier alpha value is -2.43. The van der Waals surface area contributed by atoms with Crippen LogP contribution < -0.4 is 10.6 Å². The van der Waals surface area contributed by atoms with Crippen LogP contribution in [0.25, 0.3) is 0 Å². The topological polar surface area (TPSA) is 66.9 Å². The van der Waals surface area contributed by atoms with Crippen LogP contribution in [0.1, 0.15) is 35.5 Å². The molecule has 1 aromatic carbocycles. The van der Waals surface area contributed by atoms with Gasteiger partial charge in [-0.25, -0.2) is 0 Å². The molecule has 0 unspecified atom stereocenters. The molecule has 110 valence electrons. The average Bonchev–Trinajstić information content (AvgIpc) is 2.46. The first-order chi connectivity index (χ1) is 10.1. The molecular weight excluding hydrogens is 264 g/mol. The van der Waals surface area contributed by atoms with Crippen LogP contribution in [0.3, 0.4) is 0 Å². The summed E-state index contributed by atoms with van der Waals surface area (Å²) in [6.45, 7) is 6.56. The van der Waals surface area contributed by atoms with Gasteiger partial charge >= 0.3 is 0 Å². The largest absolute Gasteiger partial charge is 0.364 e. The standard InChI is InChI=1S/C16H20N4O/c1-11(2)18-16(21)14-8-9-15(20-19-14)17-10-13-7-5-4-6-12(13)3/h4-9,11H,10H2,1-3H3,(H,17,20)(H,18,21). The number of anilines is 1. The van der Waals surface area contributed by atoms with Crippen LogP contribution in [0, 0.1) is 6.92 Å². The van der Waals surface area contributed by atoms with Gasteiger partial charge in [0.25, 0.3) is 5.91 Å². The summed E-state index contributed by atoms with van der Waals surface area (Å²) in [6, 6.07) is 11.7. The second-order valence-electron chi connectivity index (χ2n) is 5.21. The first kappa shape index (κ1) is 15.0. The van der Waals surface area contributed by atoms with E-state index in [2.05, 4.69) is 39.9 Å². The number of hydrogen-bond donors (Lipinski definition) is 2. The van der Waals surface area contributed by atoms with E-state index in [9.17, 15) is 4.79 Å². The molecule has 0 aliphatic rings. The minimum absolute atomic E-state index is 0.0816. The maximum absolute atomic E-state index is 11.8. The molecule has 0 saturated heterocycles. The number of amides is 1. The first-order valence-corrected chi connectivity index (χ1v) is 6.99. The second kappa shape index (κ2) is 6.83. The predicted molar refractivity (Wildman–Crippen MR) is 83.1 cm³/mol. The maximum Gasteiger partial charge on any atom is 0.271 e. The normalized spacial score (nSPS) is 10.5. The molecule has 1 heterocycles. The smallest absolute Gasteiger partial charge is 0.271 e. The lowest BCUT2D eigenvalue weighted by molar-refractivity contribution is 0.0937. The van der Waals surface area contributed by atoms with E-state index in [1.165, 1.54) is 11.1 Å². The van der Waals surface area contributed by atoms with Crippen LogP contribution in [-0.2, 0) is 6.54 Å². The molecule has 0 saturated carbocycles. The third-order valence-electron chi connectivity index (χ3n) is 3.04. The number of benzene rings is 1. The molecule has 2 rings (SSSR count). The molecule has 0 fully saturated rings. The summed E-state index contributed by atoms with van der Waals surface area (Å²) < 4.78 is 0. The molecule has 0 atom stereocenters. The van der Waals surface area contributed by atoms with Gasteiger partial charge in [0.1, 0.15) is 5.82 Å². The highest BCUT2D eigenvalue weighted by Crippen LogP contribution is 2.10. The molecule has 5 heteroatoms. The number of carbonyl (C=O) groups excluding carboxylic acids is 1. The molecule has 0 bridgehead atoms. The van der Waals surface area contributed by atoms with Gasteiger partial charge in [0.05, 0.1) is 0 Å². The Kier molecular flexibility index (Phi) is 4.87. The average molecular weight is 284 g/mol. The lowest BCUT2D eigenvalue weighted by Gasteiger charge is -2.09. The lowest BCUT2D eigenvalue weighted by atomic mass is 10.1. The summed E-state index contributed by atoms with van der Waals surface area (Å²) in [7, 11) is 0. The van der Waals surface area contributed by atoms with Gasteiger partial charge in [-0.05, 0) is 44.0 Å². The quantitative estimate of drug-likeness (QED) is 0.885. The molecule has 2 N–H and O–H groups in total. The van der Waals surface area contributed by atoms with Crippen molar-refractivity contribution in [2.24, 2.45) is 0 Å². The Morgan fingerprint density at radius 1 is 1.14 bits per heavy atom. The second-order valence-corrected chi connectivity index (χ2v) is 5.21. The van der Waals surface area contributed by atoms with Crippen molar-refractivity contribution in [3.63, 3.8) is 0 Å². The van der Waals surface area contributed by atoms with Crippen LogP contribution in [-0.4, -0.2) is 22.1 Å². The summed E-state index contributed by atoms with van der Waals surface area (Å²) in [5.41, 5.74) is 2.76. The third-order valence-corrected chi connectivity index (χ3v) is 3.04. The maximum atomic E-state index is 11.8. The van der Waals surface area contributed by atoms with Gasteiger partial charge in [0, 0.05) is 12.6 Å². The minimum Gasteiger partial charge on any atom is -0.364 e. The van der Waals surface area contributed by atoms with E-state index < -0.39 is 0 Å². The van der Waals surface area contributed by atoms with Crippen LogP contribution in [0.5, 0.6) is 0 Å². The highest BCUT2D eigenvalue weighted by Gasteiger charge is 2.09. The van der Waals surface area contributed by atoms with Gasteiger partial charge in [0.15, 0.2) is 5.69 Å². The van der Waals surface area contributed by atoms with Crippen molar-refractivity contribution >= 4 is 11.7 Å². The van der Waals surface area contributed by atoms with Crippen molar-refractivity contribution in [1.29, 1.82) is 0 Å². The van der Waals surface area contributed by atoms with Crippen LogP contribution in [0.15, 0.2) is 36.4 Å². The first-order valence-electron chi connectivity index (χ1n) is 6.99. The summed E-state index contributed by atoms with van der Waals surface area (Å²) >= 11 is 0. The van der Waals surface area contributed by atoms with Gasteiger partial charge < -0.3 is 10.6 Å². The number of hydrogen-bond acceptors (Lipinski definition) is 4. The monoisotopic (exact) mass is 284 g/mol. The molecule has 1 aromatic heterocycles. The van der Waals surface area contributed by atoms with E-state index in [-0.39, 0.29) is 11.9 Å². The Morgan fingerprint density at radius 2 is 1.90 bits per heavy atom. The van der Waals surface area contributed by atoms with E-state index >= 15 is 0 Å².